The molecule has 2 N–H and O–H groups in total. The maximum atomic E-state index is 13.5. The number of fused-ring (bicyclic) bond motifs is 1. The van der Waals surface area contributed by atoms with Crippen LogP contribution in [0, 0.1) is 25.7 Å². The second kappa shape index (κ2) is 9.69. The van der Waals surface area contributed by atoms with Crippen LogP contribution in [-0.4, -0.2) is 53.4 Å². The molecular formula is C29H34N4O. The number of hydrogen-bond acceptors (Lipinski definition) is 4. The molecule has 0 spiro atoms. The number of carbonyl (C=O) groups excluding carboxylic acids is 1. The van der Waals surface area contributed by atoms with Gasteiger partial charge >= 0.3 is 0 Å². The number of nitrogens with two attached hydrogens (primary N) is 1. The Morgan fingerprint density at radius 1 is 0.941 bits per heavy atom. The van der Waals surface area contributed by atoms with E-state index in [9.17, 15) is 4.79 Å². The molecule has 0 bridgehead atoms. The average molecular weight is 455 g/mol. The molecule has 5 rings (SSSR count). The van der Waals surface area contributed by atoms with Gasteiger partial charge in [-0.1, -0.05) is 42.5 Å². The standard InChI is InChI=1S/C29H34N4O/c1-20-14-24(22-8-11-31-12-9-22)15-21(2)28(20)29(34)33-18-25-16-32(17-26(25)19-33)13-10-27(30)23-6-4-3-5-7-23/h3-9,11-12,14-15,25-27H,10,13,16-19,30H2,1-2H3/t25?,26?,27-/m0/s1. The first kappa shape index (κ1) is 22.8. The van der Waals surface area contributed by atoms with Crippen LogP contribution in [0.15, 0.2) is 67.0 Å². The lowest BCUT2D eigenvalue weighted by Crippen LogP contribution is -2.34. The number of carbonyl (C=O) groups is 1. The van der Waals surface area contributed by atoms with E-state index >= 15 is 0 Å². The van der Waals surface area contributed by atoms with Crippen LogP contribution in [0.5, 0.6) is 0 Å². The lowest BCUT2D eigenvalue weighted by molar-refractivity contribution is 0.0772. The fraction of sp³-hybridized carbons (Fsp3) is 0.379. The average Bonchev–Trinajstić information content (AvgIpc) is 3.42. The molecule has 3 atom stereocenters. The number of pyridine rings is 1. The first-order valence-corrected chi connectivity index (χ1v) is 12.3. The summed E-state index contributed by atoms with van der Waals surface area (Å²) in [5, 5.41) is 0. The smallest absolute Gasteiger partial charge is 0.254 e. The summed E-state index contributed by atoms with van der Waals surface area (Å²) in [6, 6.07) is 18.7. The third-order valence-electron chi connectivity index (χ3n) is 7.59. The van der Waals surface area contributed by atoms with E-state index in [1.807, 2.05) is 18.2 Å². The second-order valence-corrected chi connectivity index (χ2v) is 10.0. The van der Waals surface area contributed by atoms with E-state index in [2.05, 4.69) is 65.0 Å². The summed E-state index contributed by atoms with van der Waals surface area (Å²) in [6.07, 6.45) is 4.58. The summed E-state index contributed by atoms with van der Waals surface area (Å²) in [4.78, 5) is 22.2. The van der Waals surface area contributed by atoms with Crippen molar-refractivity contribution in [3.63, 3.8) is 0 Å². The highest BCUT2D eigenvalue weighted by atomic mass is 16.2. The maximum absolute atomic E-state index is 13.5. The summed E-state index contributed by atoms with van der Waals surface area (Å²) < 4.78 is 0. The van der Waals surface area contributed by atoms with Crippen LogP contribution in [0.3, 0.4) is 0 Å². The second-order valence-electron chi connectivity index (χ2n) is 10.0. The van der Waals surface area contributed by atoms with Gasteiger partial charge < -0.3 is 15.5 Å². The lowest BCUT2D eigenvalue weighted by atomic mass is 9.95. The monoisotopic (exact) mass is 454 g/mol. The minimum Gasteiger partial charge on any atom is -0.338 e. The molecule has 2 aliphatic heterocycles. The minimum absolute atomic E-state index is 0.0841. The van der Waals surface area contributed by atoms with Gasteiger partial charge in [-0.3, -0.25) is 9.78 Å². The lowest BCUT2D eigenvalue weighted by Gasteiger charge is -2.24. The summed E-state index contributed by atoms with van der Waals surface area (Å²) >= 11 is 0. The van der Waals surface area contributed by atoms with Crippen molar-refractivity contribution in [1.82, 2.24) is 14.8 Å². The number of aromatic nitrogens is 1. The molecule has 2 fully saturated rings. The zero-order valence-electron chi connectivity index (χ0n) is 20.2. The zero-order chi connectivity index (χ0) is 23.7. The summed E-state index contributed by atoms with van der Waals surface area (Å²) in [7, 11) is 0. The topological polar surface area (TPSA) is 62.5 Å². The molecule has 2 saturated heterocycles. The number of likely N-dealkylation sites (tertiary alicyclic amines) is 2. The van der Waals surface area contributed by atoms with Crippen LogP contribution in [0.4, 0.5) is 0 Å². The van der Waals surface area contributed by atoms with Crippen molar-refractivity contribution >= 4 is 5.91 Å². The molecule has 0 saturated carbocycles. The number of nitrogens with zero attached hydrogens (tertiary/aromatic N) is 3. The molecule has 0 radical (unpaired) electrons. The maximum Gasteiger partial charge on any atom is 0.254 e. The first-order chi connectivity index (χ1) is 16.5. The molecule has 5 nitrogen and oxygen atoms in total. The van der Waals surface area contributed by atoms with Crippen molar-refractivity contribution in [1.29, 1.82) is 0 Å². The largest absolute Gasteiger partial charge is 0.338 e. The van der Waals surface area contributed by atoms with Gasteiger partial charge in [-0.15, -0.1) is 0 Å². The highest BCUT2D eigenvalue weighted by Gasteiger charge is 2.41. The van der Waals surface area contributed by atoms with Crippen molar-refractivity contribution in [2.45, 2.75) is 26.3 Å². The molecule has 5 heteroatoms. The Bertz CT molecular complexity index is 1110. The van der Waals surface area contributed by atoms with Gasteiger partial charge in [-0.25, -0.2) is 0 Å². The van der Waals surface area contributed by atoms with Gasteiger partial charge in [0.15, 0.2) is 0 Å². The van der Waals surface area contributed by atoms with E-state index in [-0.39, 0.29) is 11.9 Å². The van der Waals surface area contributed by atoms with Crippen LogP contribution < -0.4 is 5.73 Å². The molecule has 3 heterocycles. The van der Waals surface area contributed by atoms with E-state index in [0.29, 0.717) is 11.8 Å². The van der Waals surface area contributed by atoms with Crippen LogP contribution in [0.25, 0.3) is 11.1 Å². The van der Waals surface area contributed by atoms with Crippen molar-refractivity contribution in [3.8, 4) is 11.1 Å². The predicted molar refractivity (Wildman–Crippen MR) is 136 cm³/mol. The van der Waals surface area contributed by atoms with Crippen LogP contribution in [-0.2, 0) is 0 Å². The third kappa shape index (κ3) is 4.63. The van der Waals surface area contributed by atoms with Gasteiger partial charge in [-0.2, -0.15) is 0 Å². The quantitative estimate of drug-likeness (QED) is 0.597. The molecular weight excluding hydrogens is 420 g/mol. The molecule has 1 amide bonds. The van der Waals surface area contributed by atoms with Crippen molar-refractivity contribution in [2.24, 2.45) is 17.6 Å². The predicted octanol–water partition coefficient (Wildman–Crippen LogP) is 4.46. The zero-order valence-corrected chi connectivity index (χ0v) is 20.2. The third-order valence-corrected chi connectivity index (χ3v) is 7.59. The van der Waals surface area contributed by atoms with E-state index in [4.69, 9.17) is 5.73 Å². The Kier molecular flexibility index (Phi) is 6.48. The normalized spacial score (nSPS) is 21.0. The van der Waals surface area contributed by atoms with E-state index in [0.717, 1.165) is 67.0 Å². The number of hydrogen-bond donors (Lipinski definition) is 1. The Balaban J connectivity index is 1.19. The number of benzene rings is 2. The van der Waals surface area contributed by atoms with E-state index in [1.54, 1.807) is 12.4 Å². The molecule has 0 aliphatic carbocycles. The highest BCUT2D eigenvalue weighted by molar-refractivity contribution is 5.98. The van der Waals surface area contributed by atoms with E-state index in [1.165, 1.54) is 5.56 Å². The van der Waals surface area contributed by atoms with Crippen molar-refractivity contribution in [2.75, 3.05) is 32.7 Å². The minimum atomic E-state index is 0.0841. The number of amides is 1. The molecule has 3 aromatic rings. The van der Waals surface area contributed by atoms with Gasteiger partial charge in [0.1, 0.15) is 0 Å². The fourth-order valence-electron chi connectivity index (χ4n) is 5.80. The Labute approximate surface area is 202 Å². The van der Waals surface area contributed by atoms with Gasteiger partial charge in [-0.05, 0) is 78.6 Å². The molecule has 2 aliphatic rings. The highest BCUT2D eigenvalue weighted by Crippen LogP contribution is 2.34. The Hall–Kier alpha value is -3.02. The van der Waals surface area contributed by atoms with Gasteiger partial charge in [0.05, 0.1) is 0 Å². The molecule has 34 heavy (non-hydrogen) atoms. The fourth-order valence-corrected chi connectivity index (χ4v) is 5.80. The molecule has 2 unspecified atom stereocenters. The Morgan fingerprint density at radius 2 is 1.56 bits per heavy atom. The summed E-state index contributed by atoms with van der Waals surface area (Å²) in [5.74, 6) is 1.31. The van der Waals surface area contributed by atoms with Crippen molar-refractivity contribution in [3.05, 3.63) is 89.2 Å². The summed E-state index contributed by atoms with van der Waals surface area (Å²) in [6.45, 7) is 8.97. The van der Waals surface area contributed by atoms with Crippen molar-refractivity contribution < 1.29 is 4.79 Å². The van der Waals surface area contributed by atoms with Crippen LogP contribution in [0.1, 0.15) is 39.5 Å². The molecule has 2 aromatic carbocycles. The first-order valence-electron chi connectivity index (χ1n) is 12.3. The molecule has 1 aromatic heterocycles. The van der Waals surface area contributed by atoms with Gasteiger partial charge in [0.2, 0.25) is 0 Å². The SMILES string of the molecule is Cc1cc(-c2ccncc2)cc(C)c1C(=O)N1CC2CN(CC[C@H](N)c3ccccc3)CC2C1. The van der Waals surface area contributed by atoms with Crippen LogP contribution in [0.2, 0.25) is 0 Å². The van der Waals surface area contributed by atoms with Crippen LogP contribution >= 0.6 is 0 Å². The Morgan fingerprint density at radius 3 is 2.18 bits per heavy atom. The van der Waals surface area contributed by atoms with Gasteiger partial charge in [0, 0.05) is 50.2 Å². The summed E-state index contributed by atoms with van der Waals surface area (Å²) in [5.41, 5.74) is 12.8. The number of rotatable bonds is 6. The molecule has 176 valence electrons. The number of aryl methyl sites for hydroxylation is 2. The van der Waals surface area contributed by atoms with E-state index < -0.39 is 0 Å². The van der Waals surface area contributed by atoms with Gasteiger partial charge in [0.25, 0.3) is 5.91 Å².